The Morgan fingerprint density at radius 1 is 0.632 bits per heavy atom. The lowest BCUT2D eigenvalue weighted by atomic mass is 10.1. The van der Waals surface area contributed by atoms with Crippen LogP contribution in [-0.2, 0) is 9.47 Å². The van der Waals surface area contributed by atoms with E-state index in [0.29, 0.717) is 0 Å². The van der Waals surface area contributed by atoms with Crippen LogP contribution >= 0.6 is 0 Å². The van der Waals surface area contributed by atoms with Crippen LogP contribution in [0.2, 0.25) is 0 Å². The average molecular weight is 273 g/mol. The molecule has 0 bridgehead atoms. The molecule has 19 heavy (non-hydrogen) atoms. The lowest BCUT2D eigenvalue weighted by molar-refractivity contribution is 0.130. The average Bonchev–Trinajstić information content (AvgIpc) is 2.43. The summed E-state index contributed by atoms with van der Waals surface area (Å²) in [6, 6.07) is 0. The van der Waals surface area contributed by atoms with Crippen molar-refractivity contribution in [2.24, 2.45) is 0 Å². The zero-order valence-corrected chi connectivity index (χ0v) is 13.2. The second-order valence-corrected chi connectivity index (χ2v) is 5.03. The lowest BCUT2D eigenvalue weighted by Crippen LogP contribution is -2.21. The van der Waals surface area contributed by atoms with Gasteiger partial charge in [-0.3, -0.25) is 0 Å². The van der Waals surface area contributed by atoms with Crippen molar-refractivity contribution in [3.8, 4) is 0 Å². The molecule has 3 nitrogen and oxygen atoms in total. The Labute approximate surface area is 120 Å². The van der Waals surface area contributed by atoms with Crippen molar-refractivity contribution < 1.29 is 9.47 Å². The van der Waals surface area contributed by atoms with Crippen LogP contribution in [0.3, 0.4) is 0 Å². The van der Waals surface area contributed by atoms with Gasteiger partial charge in [0.25, 0.3) is 0 Å². The Kier molecular flexibility index (Phi) is 17.8. The molecule has 1 N–H and O–H groups in total. The first-order valence-corrected chi connectivity index (χ1v) is 8.28. The number of ether oxygens (including phenoxy) is 2. The van der Waals surface area contributed by atoms with Crippen molar-refractivity contribution in [3.05, 3.63) is 0 Å². The second-order valence-electron chi connectivity index (χ2n) is 5.03. The van der Waals surface area contributed by atoms with E-state index < -0.39 is 0 Å². The molecule has 0 spiro atoms. The number of hydrogen-bond acceptors (Lipinski definition) is 3. The van der Waals surface area contributed by atoms with Crippen LogP contribution in [-0.4, -0.2) is 39.5 Å². The van der Waals surface area contributed by atoms with Gasteiger partial charge in [0.2, 0.25) is 0 Å². The summed E-state index contributed by atoms with van der Waals surface area (Å²) in [5.74, 6) is 0. The fourth-order valence-electron chi connectivity index (χ4n) is 1.95. The van der Waals surface area contributed by atoms with Crippen molar-refractivity contribution in [3.63, 3.8) is 0 Å². The monoisotopic (exact) mass is 273 g/mol. The molecular weight excluding hydrogens is 238 g/mol. The second kappa shape index (κ2) is 17.9. The van der Waals surface area contributed by atoms with Crippen LogP contribution in [0.15, 0.2) is 0 Å². The standard InChI is InChI=1S/C16H35NO2/c1-3-5-6-7-8-10-15-19-16-13-17-12-9-11-14-18-4-2/h17H,3-16H2,1-2H3. The van der Waals surface area contributed by atoms with E-state index in [1.807, 2.05) is 6.92 Å². The van der Waals surface area contributed by atoms with E-state index in [1.165, 1.54) is 44.9 Å². The summed E-state index contributed by atoms with van der Waals surface area (Å²) in [6.07, 6.45) is 10.4. The maximum Gasteiger partial charge on any atom is 0.0590 e. The Balaban J connectivity index is 2.88. The van der Waals surface area contributed by atoms with Crippen LogP contribution < -0.4 is 5.32 Å². The van der Waals surface area contributed by atoms with Crippen molar-refractivity contribution in [2.75, 3.05) is 39.5 Å². The summed E-state index contributed by atoms with van der Waals surface area (Å²) in [6.45, 7) is 9.86. The minimum absolute atomic E-state index is 0.833. The molecule has 0 aromatic carbocycles. The van der Waals surface area contributed by atoms with E-state index >= 15 is 0 Å². The third kappa shape index (κ3) is 17.9. The zero-order chi connectivity index (χ0) is 14.0. The Bertz CT molecular complexity index is 138. The quantitative estimate of drug-likeness (QED) is 0.434. The molecule has 0 radical (unpaired) electrons. The lowest BCUT2D eigenvalue weighted by Gasteiger charge is -2.06. The van der Waals surface area contributed by atoms with Crippen LogP contribution in [0.4, 0.5) is 0 Å². The van der Waals surface area contributed by atoms with Gasteiger partial charge < -0.3 is 14.8 Å². The van der Waals surface area contributed by atoms with Gasteiger partial charge in [0.05, 0.1) is 6.61 Å². The van der Waals surface area contributed by atoms with Gasteiger partial charge in [-0.05, 0) is 32.7 Å². The van der Waals surface area contributed by atoms with Crippen LogP contribution in [0.5, 0.6) is 0 Å². The highest BCUT2D eigenvalue weighted by atomic mass is 16.5. The molecule has 0 saturated heterocycles. The van der Waals surface area contributed by atoms with Gasteiger partial charge >= 0.3 is 0 Å². The number of unbranched alkanes of at least 4 members (excludes halogenated alkanes) is 6. The molecular formula is C16H35NO2. The van der Waals surface area contributed by atoms with Crippen LogP contribution in [0.1, 0.15) is 65.2 Å². The SMILES string of the molecule is CCCCCCCCOCCNCCCCOCC. The minimum atomic E-state index is 0.833. The molecule has 0 atom stereocenters. The smallest absolute Gasteiger partial charge is 0.0590 e. The zero-order valence-electron chi connectivity index (χ0n) is 13.2. The molecule has 3 heteroatoms. The summed E-state index contributed by atoms with van der Waals surface area (Å²) in [5, 5.41) is 3.40. The highest BCUT2D eigenvalue weighted by Crippen LogP contribution is 2.04. The molecule has 0 aliphatic heterocycles. The number of rotatable bonds is 16. The summed E-state index contributed by atoms with van der Waals surface area (Å²) in [5.41, 5.74) is 0. The Morgan fingerprint density at radius 2 is 1.32 bits per heavy atom. The molecule has 0 fully saturated rings. The molecule has 0 heterocycles. The van der Waals surface area contributed by atoms with Crippen molar-refractivity contribution in [2.45, 2.75) is 65.2 Å². The first-order valence-electron chi connectivity index (χ1n) is 8.28. The molecule has 0 rings (SSSR count). The van der Waals surface area contributed by atoms with Gasteiger partial charge in [0.1, 0.15) is 0 Å². The van der Waals surface area contributed by atoms with E-state index in [-0.39, 0.29) is 0 Å². The van der Waals surface area contributed by atoms with E-state index in [9.17, 15) is 0 Å². The Morgan fingerprint density at radius 3 is 2.11 bits per heavy atom. The van der Waals surface area contributed by atoms with Crippen LogP contribution in [0, 0.1) is 0 Å². The van der Waals surface area contributed by atoms with Crippen molar-refractivity contribution in [1.82, 2.24) is 5.32 Å². The number of hydrogen-bond donors (Lipinski definition) is 1. The summed E-state index contributed by atoms with van der Waals surface area (Å²) < 4.78 is 10.9. The molecule has 0 aliphatic rings. The molecule has 0 aromatic heterocycles. The predicted octanol–water partition coefficient (Wildman–Crippen LogP) is 3.77. The largest absolute Gasteiger partial charge is 0.382 e. The highest BCUT2D eigenvalue weighted by molar-refractivity contribution is 4.48. The fraction of sp³-hybridized carbons (Fsp3) is 1.00. The normalized spacial score (nSPS) is 11.1. The maximum atomic E-state index is 5.60. The van der Waals surface area contributed by atoms with E-state index in [1.54, 1.807) is 0 Å². The maximum absolute atomic E-state index is 5.60. The van der Waals surface area contributed by atoms with Gasteiger partial charge in [-0.15, -0.1) is 0 Å². The Hall–Kier alpha value is -0.120. The summed E-state index contributed by atoms with van der Waals surface area (Å²) in [7, 11) is 0. The summed E-state index contributed by atoms with van der Waals surface area (Å²) in [4.78, 5) is 0. The molecule has 0 unspecified atom stereocenters. The van der Waals surface area contributed by atoms with Gasteiger partial charge in [0, 0.05) is 26.4 Å². The third-order valence-electron chi connectivity index (χ3n) is 3.16. The molecule has 0 amide bonds. The van der Waals surface area contributed by atoms with Gasteiger partial charge in [-0.25, -0.2) is 0 Å². The van der Waals surface area contributed by atoms with Gasteiger partial charge in [0.15, 0.2) is 0 Å². The molecule has 116 valence electrons. The first-order chi connectivity index (χ1) is 9.41. The van der Waals surface area contributed by atoms with Crippen molar-refractivity contribution in [1.29, 1.82) is 0 Å². The minimum Gasteiger partial charge on any atom is -0.382 e. The molecule has 0 aliphatic carbocycles. The van der Waals surface area contributed by atoms with Gasteiger partial charge in [-0.2, -0.15) is 0 Å². The third-order valence-corrected chi connectivity index (χ3v) is 3.16. The fourth-order valence-corrected chi connectivity index (χ4v) is 1.95. The molecule has 0 saturated carbocycles. The topological polar surface area (TPSA) is 30.5 Å². The van der Waals surface area contributed by atoms with Crippen molar-refractivity contribution >= 4 is 0 Å². The first kappa shape index (κ1) is 18.9. The highest BCUT2D eigenvalue weighted by Gasteiger charge is 1.92. The number of nitrogens with one attached hydrogen (secondary N) is 1. The predicted molar refractivity (Wildman–Crippen MR) is 82.8 cm³/mol. The van der Waals surface area contributed by atoms with E-state index in [0.717, 1.165) is 45.9 Å². The van der Waals surface area contributed by atoms with E-state index in [2.05, 4.69) is 12.2 Å². The molecule has 0 aromatic rings. The van der Waals surface area contributed by atoms with E-state index in [4.69, 9.17) is 9.47 Å². The summed E-state index contributed by atoms with van der Waals surface area (Å²) >= 11 is 0. The van der Waals surface area contributed by atoms with Gasteiger partial charge in [-0.1, -0.05) is 39.0 Å². The van der Waals surface area contributed by atoms with Crippen LogP contribution in [0.25, 0.3) is 0 Å².